The van der Waals surface area contributed by atoms with Crippen LogP contribution >= 0.6 is 22.7 Å². The van der Waals surface area contributed by atoms with Crippen molar-refractivity contribution in [3.63, 3.8) is 0 Å². The fourth-order valence-corrected chi connectivity index (χ4v) is 4.23. The van der Waals surface area contributed by atoms with Gasteiger partial charge in [-0.2, -0.15) is 0 Å². The lowest BCUT2D eigenvalue weighted by molar-refractivity contribution is -0.120. The first kappa shape index (κ1) is 18.5. The normalized spacial score (nSPS) is 14.3. The molecule has 1 fully saturated rings. The van der Waals surface area contributed by atoms with E-state index in [1.165, 1.54) is 22.7 Å². The molecule has 2 aromatic rings. The van der Waals surface area contributed by atoms with Crippen molar-refractivity contribution in [3.8, 4) is 0 Å². The fourth-order valence-electron chi connectivity index (χ4n) is 2.79. The number of nitrogens with two attached hydrogens (primary N) is 1. The third kappa shape index (κ3) is 5.09. The summed E-state index contributed by atoms with van der Waals surface area (Å²) in [4.78, 5) is 43.5. The molecular formula is C16H19N5O3S2. The van der Waals surface area contributed by atoms with E-state index in [9.17, 15) is 14.4 Å². The molecule has 0 bridgehead atoms. The number of hydrogen-bond donors (Lipinski definition) is 3. The summed E-state index contributed by atoms with van der Waals surface area (Å²) in [5.74, 6) is -0.644. The van der Waals surface area contributed by atoms with Crippen LogP contribution in [0.4, 0.5) is 10.3 Å². The lowest BCUT2D eigenvalue weighted by Gasteiger charge is -2.07. The summed E-state index contributed by atoms with van der Waals surface area (Å²) in [5, 5.41) is 9.87. The molecule has 3 rings (SSSR count). The van der Waals surface area contributed by atoms with Crippen molar-refractivity contribution >= 4 is 50.7 Å². The van der Waals surface area contributed by atoms with Crippen LogP contribution in [0, 0.1) is 5.92 Å². The summed E-state index contributed by atoms with van der Waals surface area (Å²) < 4.78 is 0. The van der Waals surface area contributed by atoms with Gasteiger partial charge in [-0.05, 0) is 12.8 Å². The van der Waals surface area contributed by atoms with E-state index in [2.05, 4.69) is 20.6 Å². The number of nitrogens with one attached hydrogen (secondary N) is 2. The lowest BCUT2D eigenvalue weighted by Crippen LogP contribution is -2.20. The molecule has 8 nitrogen and oxygen atoms in total. The molecule has 2 heterocycles. The zero-order valence-corrected chi connectivity index (χ0v) is 15.6. The lowest BCUT2D eigenvalue weighted by atomic mass is 10.1. The van der Waals surface area contributed by atoms with Crippen molar-refractivity contribution in [2.75, 3.05) is 10.6 Å². The van der Waals surface area contributed by atoms with Gasteiger partial charge >= 0.3 is 0 Å². The quantitative estimate of drug-likeness (QED) is 0.662. The molecule has 0 radical (unpaired) electrons. The van der Waals surface area contributed by atoms with E-state index >= 15 is 0 Å². The first-order chi connectivity index (χ1) is 12.5. The molecule has 138 valence electrons. The van der Waals surface area contributed by atoms with Gasteiger partial charge in [-0.15, -0.1) is 22.7 Å². The van der Waals surface area contributed by atoms with E-state index in [4.69, 9.17) is 5.73 Å². The highest BCUT2D eigenvalue weighted by molar-refractivity contribution is 7.14. The van der Waals surface area contributed by atoms with Crippen molar-refractivity contribution in [1.29, 1.82) is 0 Å². The third-order valence-electron chi connectivity index (χ3n) is 4.00. The molecule has 1 aliphatic carbocycles. The number of carbonyl (C=O) groups is 3. The number of aromatic nitrogens is 2. The maximum Gasteiger partial charge on any atom is 0.232 e. The number of carbonyl (C=O) groups excluding carboxylic acids is 3. The number of amides is 3. The molecule has 26 heavy (non-hydrogen) atoms. The summed E-state index contributed by atoms with van der Waals surface area (Å²) in [6.07, 6.45) is 4.18. The first-order valence-corrected chi connectivity index (χ1v) is 10.0. The Morgan fingerprint density at radius 2 is 1.58 bits per heavy atom. The van der Waals surface area contributed by atoms with E-state index in [0.717, 1.165) is 25.7 Å². The van der Waals surface area contributed by atoms with Crippen LogP contribution in [0.3, 0.4) is 0 Å². The number of hydrogen-bond acceptors (Lipinski definition) is 7. The number of anilines is 2. The molecular weight excluding hydrogens is 374 g/mol. The maximum absolute atomic E-state index is 12.1. The minimum absolute atomic E-state index is 0.0117. The number of thiazole rings is 2. The molecule has 0 unspecified atom stereocenters. The second-order valence-corrected chi connectivity index (χ2v) is 7.84. The van der Waals surface area contributed by atoms with Gasteiger partial charge in [0.25, 0.3) is 0 Å². The van der Waals surface area contributed by atoms with Crippen LogP contribution < -0.4 is 16.4 Å². The monoisotopic (exact) mass is 393 g/mol. The van der Waals surface area contributed by atoms with Crippen molar-refractivity contribution in [2.24, 2.45) is 11.7 Å². The minimum Gasteiger partial charge on any atom is -0.369 e. The molecule has 2 aromatic heterocycles. The van der Waals surface area contributed by atoms with E-state index in [1.807, 2.05) is 0 Å². The van der Waals surface area contributed by atoms with Crippen LogP contribution in [0.1, 0.15) is 37.1 Å². The molecule has 0 aliphatic heterocycles. The second-order valence-electron chi connectivity index (χ2n) is 6.13. The predicted octanol–water partition coefficient (Wildman–Crippen LogP) is 1.94. The Labute approximate surface area is 158 Å². The van der Waals surface area contributed by atoms with Crippen LogP contribution in [0.15, 0.2) is 10.8 Å². The van der Waals surface area contributed by atoms with Crippen molar-refractivity contribution in [1.82, 2.24) is 9.97 Å². The Morgan fingerprint density at radius 1 is 1.00 bits per heavy atom. The van der Waals surface area contributed by atoms with Gasteiger partial charge in [0, 0.05) is 16.7 Å². The molecule has 0 saturated heterocycles. The van der Waals surface area contributed by atoms with Gasteiger partial charge in [-0.25, -0.2) is 9.97 Å². The topological polar surface area (TPSA) is 127 Å². The SMILES string of the molecule is NC(=O)Cc1csc(NC(=O)Cc2csc(NC(=O)C3CCCC3)n2)n1. The van der Waals surface area contributed by atoms with Gasteiger partial charge in [0.2, 0.25) is 17.7 Å². The van der Waals surface area contributed by atoms with Gasteiger partial charge < -0.3 is 16.4 Å². The molecule has 10 heteroatoms. The van der Waals surface area contributed by atoms with Crippen LogP contribution in [0.5, 0.6) is 0 Å². The Bertz CT molecular complexity index is 810. The van der Waals surface area contributed by atoms with Gasteiger partial charge in [0.05, 0.1) is 24.2 Å². The highest BCUT2D eigenvalue weighted by atomic mass is 32.1. The van der Waals surface area contributed by atoms with Crippen LogP contribution in [0.25, 0.3) is 0 Å². The summed E-state index contributed by atoms with van der Waals surface area (Å²) >= 11 is 2.54. The third-order valence-corrected chi connectivity index (χ3v) is 5.62. The predicted molar refractivity (Wildman–Crippen MR) is 100 cm³/mol. The summed E-state index contributed by atoms with van der Waals surface area (Å²) in [6, 6.07) is 0. The molecule has 0 spiro atoms. The minimum atomic E-state index is -0.470. The van der Waals surface area contributed by atoms with Gasteiger partial charge in [-0.1, -0.05) is 12.8 Å². The number of primary amides is 1. The van der Waals surface area contributed by atoms with E-state index in [-0.39, 0.29) is 30.6 Å². The summed E-state index contributed by atoms with van der Waals surface area (Å²) in [6.45, 7) is 0. The molecule has 1 saturated carbocycles. The zero-order chi connectivity index (χ0) is 18.5. The Kier molecular flexibility index (Phi) is 5.94. The molecule has 3 amide bonds. The van der Waals surface area contributed by atoms with E-state index < -0.39 is 5.91 Å². The average Bonchev–Trinajstić information content (AvgIpc) is 3.29. The van der Waals surface area contributed by atoms with Gasteiger partial charge in [0.15, 0.2) is 10.3 Å². The number of rotatable bonds is 7. The molecule has 4 N–H and O–H groups in total. The van der Waals surface area contributed by atoms with Crippen LogP contribution in [-0.4, -0.2) is 27.7 Å². The average molecular weight is 393 g/mol. The van der Waals surface area contributed by atoms with Crippen molar-refractivity contribution in [2.45, 2.75) is 38.5 Å². The molecule has 1 aliphatic rings. The van der Waals surface area contributed by atoms with Crippen molar-refractivity contribution in [3.05, 3.63) is 22.1 Å². The smallest absolute Gasteiger partial charge is 0.232 e. The highest BCUT2D eigenvalue weighted by Crippen LogP contribution is 2.26. The Morgan fingerprint density at radius 3 is 2.19 bits per heavy atom. The van der Waals surface area contributed by atoms with Gasteiger partial charge in [-0.3, -0.25) is 14.4 Å². The Hall–Kier alpha value is -2.33. The fraction of sp³-hybridized carbons (Fsp3) is 0.438. The highest BCUT2D eigenvalue weighted by Gasteiger charge is 2.23. The number of nitrogens with zero attached hydrogens (tertiary/aromatic N) is 2. The largest absolute Gasteiger partial charge is 0.369 e. The zero-order valence-electron chi connectivity index (χ0n) is 14.0. The van der Waals surface area contributed by atoms with Crippen LogP contribution in [0.2, 0.25) is 0 Å². The summed E-state index contributed by atoms with van der Waals surface area (Å²) in [7, 11) is 0. The van der Waals surface area contributed by atoms with Crippen LogP contribution in [-0.2, 0) is 27.2 Å². The maximum atomic E-state index is 12.1. The van der Waals surface area contributed by atoms with E-state index in [1.54, 1.807) is 10.8 Å². The standard InChI is InChI=1S/C16H19N5O3S2/c17-12(22)5-10-7-25-15(18-10)20-13(23)6-11-8-26-16(19-11)21-14(24)9-3-1-2-4-9/h7-9H,1-6H2,(H2,17,22)(H,18,20,23)(H,19,21,24). The van der Waals surface area contributed by atoms with E-state index in [0.29, 0.717) is 21.7 Å². The Balaban J connectivity index is 1.50. The summed E-state index contributed by atoms with van der Waals surface area (Å²) in [5.41, 5.74) is 6.23. The second kappa shape index (κ2) is 8.37. The first-order valence-electron chi connectivity index (χ1n) is 8.27. The molecule has 0 atom stereocenters. The van der Waals surface area contributed by atoms with Gasteiger partial charge in [0.1, 0.15) is 0 Å². The molecule has 0 aromatic carbocycles. The van der Waals surface area contributed by atoms with Crippen molar-refractivity contribution < 1.29 is 14.4 Å².